The van der Waals surface area contributed by atoms with E-state index in [0.29, 0.717) is 34.9 Å². The first kappa shape index (κ1) is 62.5. The van der Waals surface area contributed by atoms with Gasteiger partial charge in [-0.25, -0.2) is 29.9 Å². The van der Waals surface area contributed by atoms with Gasteiger partial charge in [0.25, 0.3) is 0 Å². The molecule has 4 aromatic heterocycles. The van der Waals surface area contributed by atoms with Crippen molar-refractivity contribution in [1.82, 2.24) is 29.9 Å². The molecule has 8 heteroatoms. The van der Waals surface area contributed by atoms with Crippen LogP contribution in [0.5, 0.6) is 0 Å². The van der Waals surface area contributed by atoms with Crippen molar-refractivity contribution in [2.75, 3.05) is 0 Å². The minimum Gasteiger partial charge on any atom is -0.456 e. The predicted molar refractivity (Wildman–Crippen MR) is 453 cm³/mol. The number of aromatic nitrogens is 6. The van der Waals surface area contributed by atoms with Crippen molar-refractivity contribution in [3.8, 4) is 124 Å². The van der Waals surface area contributed by atoms with Crippen molar-refractivity contribution >= 4 is 109 Å². The van der Waals surface area contributed by atoms with Crippen molar-refractivity contribution < 1.29 is 8.83 Å². The molecule has 0 spiro atoms. The molecule has 510 valence electrons. The number of furan rings is 2. The Morgan fingerprint density at radius 1 is 0.145 bits per heavy atom. The summed E-state index contributed by atoms with van der Waals surface area (Å²) in [5, 5.41) is 18.1. The summed E-state index contributed by atoms with van der Waals surface area (Å²) in [6.45, 7) is 0. The number of rotatable bonds is 11. The van der Waals surface area contributed by atoms with Crippen LogP contribution >= 0.6 is 0 Å². The first-order valence-electron chi connectivity index (χ1n) is 37.1. The lowest BCUT2D eigenvalue weighted by atomic mass is 9.88. The molecule has 0 radical (unpaired) electrons. The summed E-state index contributed by atoms with van der Waals surface area (Å²) >= 11 is 0. The molecule has 22 aromatic rings. The van der Waals surface area contributed by atoms with Crippen LogP contribution in [0.3, 0.4) is 0 Å². The quantitative estimate of drug-likeness (QED) is 0.118. The summed E-state index contributed by atoms with van der Waals surface area (Å²) in [6.07, 6.45) is 0. The normalized spacial score (nSPS) is 11.8. The van der Waals surface area contributed by atoms with Crippen LogP contribution in [0.1, 0.15) is 0 Å². The Balaban J connectivity index is 0.693. The predicted octanol–water partition coefficient (Wildman–Crippen LogP) is 27.1. The van der Waals surface area contributed by atoms with Crippen LogP contribution in [0.4, 0.5) is 0 Å². The molecule has 110 heavy (non-hydrogen) atoms. The van der Waals surface area contributed by atoms with E-state index in [4.69, 9.17) is 38.7 Å². The molecule has 0 bridgehead atoms. The standard InChI is InChI=1S/C102H60N6O2/c1-3-23-61(24-4-1)73-33-11-14-38-79(73)99-103-97(105-101(107-99)83-41-21-45-91-95(83)81-39-15-17-43-89(81)109-91)72-32-20-30-68(56-72)87-59-69-49-48-65(58-88(69)94-75-35-10-8-28-64(75)51-53-78(87)94)66-52-54-80(85(57-66)62-25-5-2-6-26-62)100-104-98(106-102(108-100)84-42-22-46-92-96(84)82-40-16-18-44-90(82)110-92)71-31-19-29-67(55-71)86-60-70-50-47-63-27-7-9-34-74(63)93(70)77-37-13-12-36-76(77)86/h1-60H. The highest BCUT2D eigenvalue weighted by molar-refractivity contribution is 6.26. The Hall–Kier alpha value is -14.9. The van der Waals surface area contributed by atoms with E-state index in [9.17, 15) is 0 Å². The second kappa shape index (κ2) is 25.4. The van der Waals surface area contributed by atoms with Crippen LogP contribution < -0.4 is 0 Å². The van der Waals surface area contributed by atoms with Crippen LogP contribution in [-0.4, -0.2) is 29.9 Å². The number of hydrogen-bond acceptors (Lipinski definition) is 8. The van der Waals surface area contributed by atoms with E-state index < -0.39 is 0 Å². The van der Waals surface area contributed by atoms with E-state index in [1.165, 1.54) is 43.1 Å². The molecule has 0 fully saturated rings. The average molecular weight is 1400 g/mol. The molecule has 0 amide bonds. The van der Waals surface area contributed by atoms with Crippen molar-refractivity contribution in [3.05, 3.63) is 364 Å². The molecule has 0 atom stereocenters. The maximum Gasteiger partial charge on any atom is 0.164 e. The van der Waals surface area contributed by atoms with Gasteiger partial charge in [-0.05, 0) is 187 Å². The van der Waals surface area contributed by atoms with Crippen LogP contribution in [0.25, 0.3) is 232 Å². The number of hydrogen-bond donors (Lipinski definition) is 0. The Morgan fingerprint density at radius 2 is 0.536 bits per heavy atom. The van der Waals surface area contributed by atoms with Crippen molar-refractivity contribution in [3.63, 3.8) is 0 Å². The van der Waals surface area contributed by atoms with Gasteiger partial charge in [-0.15, -0.1) is 0 Å². The molecule has 0 saturated heterocycles. The minimum atomic E-state index is 0.543. The van der Waals surface area contributed by atoms with E-state index in [0.717, 1.165) is 154 Å². The first-order valence-corrected chi connectivity index (χ1v) is 37.1. The van der Waals surface area contributed by atoms with Crippen molar-refractivity contribution in [1.29, 1.82) is 0 Å². The number of nitrogens with zero attached hydrogens (tertiary/aromatic N) is 6. The van der Waals surface area contributed by atoms with Gasteiger partial charge in [-0.3, -0.25) is 0 Å². The fraction of sp³-hybridized carbons (Fsp3) is 0. The molecular weight excluding hydrogens is 1340 g/mol. The monoisotopic (exact) mass is 1400 g/mol. The lowest BCUT2D eigenvalue weighted by Gasteiger charge is -2.17. The van der Waals surface area contributed by atoms with Gasteiger partial charge in [0.05, 0.1) is 0 Å². The zero-order chi connectivity index (χ0) is 72.3. The molecule has 0 aliphatic rings. The molecule has 22 rings (SSSR count). The molecule has 0 aliphatic carbocycles. The van der Waals surface area contributed by atoms with E-state index in [1.807, 2.05) is 60.7 Å². The summed E-state index contributed by atoms with van der Waals surface area (Å²) in [4.78, 5) is 32.8. The van der Waals surface area contributed by atoms with Crippen LogP contribution in [-0.2, 0) is 0 Å². The Bertz CT molecular complexity index is 7550. The van der Waals surface area contributed by atoms with E-state index in [1.54, 1.807) is 0 Å². The van der Waals surface area contributed by atoms with E-state index in [-0.39, 0.29) is 0 Å². The van der Waals surface area contributed by atoms with Crippen LogP contribution in [0.15, 0.2) is 373 Å². The van der Waals surface area contributed by atoms with E-state index in [2.05, 4.69) is 303 Å². The fourth-order valence-corrected chi connectivity index (χ4v) is 16.8. The van der Waals surface area contributed by atoms with Gasteiger partial charge in [-0.2, -0.15) is 0 Å². The third-order valence-electron chi connectivity index (χ3n) is 21.9. The molecule has 18 aromatic carbocycles. The van der Waals surface area contributed by atoms with E-state index >= 15 is 0 Å². The third kappa shape index (κ3) is 10.4. The maximum absolute atomic E-state index is 6.53. The lowest BCUT2D eigenvalue weighted by Crippen LogP contribution is -2.02. The summed E-state index contributed by atoms with van der Waals surface area (Å²) in [5.74, 6) is 3.33. The van der Waals surface area contributed by atoms with Gasteiger partial charge in [0, 0.05) is 54.9 Å². The van der Waals surface area contributed by atoms with Crippen LogP contribution in [0.2, 0.25) is 0 Å². The highest BCUT2D eigenvalue weighted by atomic mass is 16.3. The topological polar surface area (TPSA) is 104 Å². The second-order valence-corrected chi connectivity index (χ2v) is 28.3. The number of benzene rings is 18. The molecule has 0 N–H and O–H groups in total. The van der Waals surface area contributed by atoms with Crippen molar-refractivity contribution in [2.45, 2.75) is 0 Å². The molecule has 0 saturated carbocycles. The highest BCUT2D eigenvalue weighted by Crippen LogP contribution is 2.47. The zero-order valence-electron chi connectivity index (χ0n) is 59.1. The first-order chi connectivity index (χ1) is 54.5. The average Bonchev–Trinajstić information content (AvgIpc) is 0.900. The molecule has 0 unspecified atom stereocenters. The molecule has 4 heterocycles. The fourth-order valence-electron chi connectivity index (χ4n) is 16.8. The summed E-state index contributed by atoms with van der Waals surface area (Å²) in [6, 6.07) is 129. The van der Waals surface area contributed by atoms with Gasteiger partial charge in [-0.1, -0.05) is 297 Å². The number of para-hydroxylation sites is 2. The van der Waals surface area contributed by atoms with Gasteiger partial charge < -0.3 is 8.83 Å². The Labute approximate surface area is 631 Å². The van der Waals surface area contributed by atoms with Gasteiger partial charge in [0.2, 0.25) is 0 Å². The summed E-state index contributed by atoms with van der Waals surface area (Å²) in [5.41, 5.74) is 18.9. The zero-order valence-corrected chi connectivity index (χ0v) is 59.1. The van der Waals surface area contributed by atoms with Crippen LogP contribution in [0, 0.1) is 0 Å². The Kier molecular flexibility index (Phi) is 14.5. The van der Waals surface area contributed by atoms with Gasteiger partial charge in [0.1, 0.15) is 22.3 Å². The molecular formula is C102H60N6O2. The highest BCUT2D eigenvalue weighted by Gasteiger charge is 2.25. The second-order valence-electron chi connectivity index (χ2n) is 28.3. The van der Waals surface area contributed by atoms with Gasteiger partial charge in [0.15, 0.2) is 34.9 Å². The Morgan fingerprint density at radius 3 is 1.15 bits per heavy atom. The van der Waals surface area contributed by atoms with Gasteiger partial charge >= 0.3 is 0 Å². The largest absolute Gasteiger partial charge is 0.456 e. The minimum absolute atomic E-state index is 0.543. The molecule has 0 aliphatic heterocycles. The number of fused-ring (bicyclic) bond motifs is 16. The summed E-state index contributed by atoms with van der Waals surface area (Å²) in [7, 11) is 0. The lowest BCUT2D eigenvalue weighted by molar-refractivity contribution is 0.668. The molecule has 8 nitrogen and oxygen atoms in total. The third-order valence-corrected chi connectivity index (χ3v) is 21.9. The summed E-state index contributed by atoms with van der Waals surface area (Å²) < 4.78 is 13.0. The van der Waals surface area contributed by atoms with Crippen molar-refractivity contribution in [2.24, 2.45) is 0 Å². The maximum atomic E-state index is 6.53. The SMILES string of the molecule is c1ccc(-c2ccccc2-c2nc(-c3cccc(-c4cc5ccc(-c6ccc(-c7nc(-c8cccc(-c9cc%10ccc%11ccccc%11c%10c%10ccccc9%10)c8)nc(-c8cccc9oc%10ccccc%10c89)n7)c(-c7ccccc7)c6)cc5c5c4ccc4ccccc45)c3)nc(-c3cccc4oc5ccccc5c34)n2)cc1. The smallest absolute Gasteiger partial charge is 0.164 e.